The van der Waals surface area contributed by atoms with Crippen molar-refractivity contribution in [3.8, 4) is 5.69 Å². The second-order valence-electron chi connectivity index (χ2n) is 4.84. The van der Waals surface area contributed by atoms with Gasteiger partial charge in [-0.3, -0.25) is 0 Å². The van der Waals surface area contributed by atoms with Gasteiger partial charge in [-0.05, 0) is 38.1 Å². The Morgan fingerprint density at radius 3 is 2.59 bits per heavy atom. The van der Waals surface area contributed by atoms with Crippen molar-refractivity contribution in [2.24, 2.45) is 5.10 Å². The van der Waals surface area contributed by atoms with Crippen LogP contribution >= 0.6 is 15.9 Å². The lowest BCUT2D eigenvalue weighted by Crippen LogP contribution is -2.02. The van der Waals surface area contributed by atoms with Gasteiger partial charge < -0.3 is 4.57 Å². The Labute approximate surface area is 135 Å². The van der Waals surface area contributed by atoms with Crippen LogP contribution in [0.3, 0.4) is 0 Å². The van der Waals surface area contributed by atoms with Crippen LogP contribution in [0.1, 0.15) is 17.0 Å². The van der Waals surface area contributed by atoms with Crippen LogP contribution in [0.2, 0.25) is 0 Å². The molecule has 0 saturated heterocycles. The van der Waals surface area contributed by atoms with Crippen molar-refractivity contribution in [3.63, 3.8) is 0 Å². The van der Waals surface area contributed by atoms with E-state index in [9.17, 15) is 4.39 Å². The highest BCUT2D eigenvalue weighted by molar-refractivity contribution is 9.10. The van der Waals surface area contributed by atoms with Gasteiger partial charge in [0.05, 0.1) is 11.9 Å². The molecule has 112 valence electrons. The highest BCUT2D eigenvalue weighted by atomic mass is 79.9. The van der Waals surface area contributed by atoms with Gasteiger partial charge in [0.25, 0.3) is 0 Å². The minimum Gasteiger partial charge on any atom is -0.315 e. The molecule has 7 heteroatoms. The first kappa shape index (κ1) is 14.6. The van der Waals surface area contributed by atoms with Gasteiger partial charge in [-0.2, -0.15) is 5.10 Å². The Morgan fingerprint density at radius 1 is 1.18 bits per heavy atom. The van der Waals surface area contributed by atoms with Gasteiger partial charge in [-0.25, -0.2) is 9.07 Å². The molecule has 3 aromatic rings. The fourth-order valence-corrected chi connectivity index (χ4v) is 2.67. The molecule has 1 aromatic carbocycles. The minimum atomic E-state index is -0.279. The summed E-state index contributed by atoms with van der Waals surface area (Å²) < 4.78 is 18.3. The SMILES string of the molecule is Cc1cc(/C=N/n2cnnc2)c(C)n1-c1ccc(Br)cc1F. The summed E-state index contributed by atoms with van der Waals surface area (Å²) in [5, 5.41) is 11.6. The minimum absolute atomic E-state index is 0.279. The Hall–Kier alpha value is -2.28. The summed E-state index contributed by atoms with van der Waals surface area (Å²) in [4.78, 5) is 0. The molecule has 0 spiro atoms. The number of nitrogens with zero attached hydrogens (tertiary/aromatic N) is 5. The molecule has 0 radical (unpaired) electrons. The average molecular weight is 362 g/mol. The Bertz CT molecular complexity index is 836. The predicted octanol–water partition coefficient (Wildman–Crippen LogP) is 3.47. The highest BCUT2D eigenvalue weighted by Gasteiger charge is 2.13. The van der Waals surface area contributed by atoms with E-state index >= 15 is 0 Å². The molecule has 0 saturated carbocycles. The second kappa shape index (κ2) is 5.84. The predicted molar refractivity (Wildman–Crippen MR) is 85.9 cm³/mol. The second-order valence-corrected chi connectivity index (χ2v) is 5.76. The molecule has 3 rings (SSSR count). The normalized spacial score (nSPS) is 11.5. The van der Waals surface area contributed by atoms with Gasteiger partial charge in [0.1, 0.15) is 18.5 Å². The van der Waals surface area contributed by atoms with Crippen molar-refractivity contribution in [1.29, 1.82) is 0 Å². The maximum Gasteiger partial charge on any atom is 0.148 e. The Balaban J connectivity index is 2.03. The zero-order valence-corrected chi connectivity index (χ0v) is 13.6. The zero-order chi connectivity index (χ0) is 15.7. The van der Waals surface area contributed by atoms with Crippen LogP contribution in [0, 0.1) is 19.7 Å². The smallest absolute Gasteiger partial charge is 0.148 e. The molecule has 0 aliphatic carbocycles. The summed E-state index contributed by atoms with van der Waals surface area (Å²) in [6.45, 7) is 3.87. The van der Waals surface area contributed by atoms with Gasteiger partial charge in [0.2, 0.25) is 0 Å². The maximum atomic E-state index is 14.2. The van der Waals surface area contributed by atoms with Crippen molar-refractivity contribution in [2.45, 2.75) is 13.8 Å². The van der Waals surface area contributed by atoms with Crippen LogP contribution in [0.25, 0.3) is 5.69 Å². The lowest BCUT2D eigenvalue weighted by atomic mass is 10.2. The zero-order valence-electron chi connectivity index (χ0n) is 12.0. The molecule has 0 amide bonds. The molecular formula is C15H13BrFN5. The highest BCUT2D eigenvalue weighted by Crippen LogP contribution is 2.24. The molecule has 0 unspecified atom stereocenters. The summed E-state index contributed by atoms with van der Waals surface area (Å²) in [5.74, 6) is -0.279. The van der Waals surface area contributed by atoms with Crippen molar-refractivity contribution >= 4 is 22.1 Å². The summed E-state index contributed by atoms with van der Waals surface area (Å²) in [6, 6.07) is 6.99. The molecule has 0 N–H and O–H groups in total. The van der Waals surface area contributed by atoms with Crippen LogP contribution in [-0.2, 0) is 0 Å². The van der Waals surface area contributed by atoms with Gasteiger partial charge >= 0.3 is 0 Å². The van der Waals surface area contributed by atoms with E-state index in [4.69, 9.17) is 0 Å². The monoisotopic (exact) mass is 361 g/mol. The summed E-state index contributed by atoms with van der Waals surface area (Å²) in [7, 11) is 0. The third-order valence-electron chi connectivity index (χ3n) is 3.36. The lowest BCUT2D eigenvalue weighted by molar-refractivity contribution is 0.615. The molecule has 0 fully saturated rings. The van der Waals surface area contributed by atoms with Crippen LogP contribution in [-0.4, -0.2) is 25.7 Å². The topological polar surface area (TPSA) is 48.0 Å². The van der Waals surface area contributed by atoms with Gasteiger partial charge in [0.15, 0.2) is 0 Å². The van der Waals surface area contributed by atoms with E-state index in [1.54, 1.807) is 12.3 Å². The van der Waals surface area contributed by atoms with E-state index in [1.165, 1.54) is 23.4 Å². The van der Waals surface area contributed by atoms with E-state index in [0.717, 1.165) is 17.0 Å². The molecule has 2 aromatic heterocycles. The number of rotatable bonds is 3. The third-order valence-corrected chi connectivity index (χ3v) is 3.85. The number of aryl methyl sites for hydroxylation is 1. The van der Waals surface area contributed by atoms with E-state index in [1.807, 2.05) is 30.5 Å². The van der Waals surface area contributed by atoms with Crippen LogP contribution in [0.15, 0.2) is 46.5 Å². The van der Waals surface area contributed by atoms with Gasteiger partial charge in [-0.15, -0.1) is 10.2 Å². The number of benzene rings is 1. The van der Waals surface area contributed by atoms with Gasteiger partial charge in [-0.1, -0.05) is 15.9 Å². The largest absolute Gasteiger partial charge is 0.315 e. The number of hydrogen-bond donors (Lipinski definition) is 0. The first-order chi connectivity index (χ1) is 10.6. The van der Waals surface area contributed by atoms with Crippen molar-refractivity contribution in [3.05, 3.63) is 64.2 Å². The van der Waals surface area contributed by atoms with Gasteiger partial charge in [0, 0.05) is 21.4 Å². The van der Waals surface area contributed by atoms with Crippen LogP contribution in [0.5, 0.6) is 0 Å². The van der Waals surface area contributed by atoms with Crippen LogP contribution in [0.4, 0.5) is 4.39 Å². The molecular weight excluding hydrogens is 349 g/mol. The molecule has 5 nitrogen and oxygen atoms in total. The molecule has 0 aliphatic rings. The quantitative estimate of drug-likeness (QED) is 0.670. The fourth-order valence-electron chi connectivity index (χ4n) is 2.34. The van der Waals surface area contributed by atoms with E-state index in [0.29, 0.717) is 10.2 Å². The van der Waals surface area contributed by atoms with Crippen molar-refractivity contribution < 1.29 is 4.39 Å². The first-order valence-corrected chi connectivity index (χ1v) is 7.39. The Kier molecular flexibility index (Phi) is 3.89. The van der Waals surface area contributed by atoms with E-state index in [2.05, 4.69) is 31.2 Å². The van der Waals surface area contributed by atoms with Crippen molar-refractivity contribution in [1.82, 2.24) is 19.4 Å². The summed E-state index contributed by atoms with van der Waals surface area (Å²) >= 11 is 3.27. The average Bonchev–Trinajstić information content (AvgIpc) is 3.07. The fraction of sp³-hybridized carbons (Fsp3) is 0.133. The first-order valence-electron chi connectivity index (χ1n) is 6.59. The van der Waals surface area contributed by atoms with E-state index < -0.39 is 0 Å². The molecule has 0 atom stereocenters. The third kappa shape index (κ3) is 2.71. The van der Waals surface area contributed by atoms with Crippen molar-refractivity contribution in [2.75, 3.05) is 0 Å². The summed E-state index contributed by atoms with van der Waals surface area (Å²) in [6.07, 6.45) is 4.72. The number of hydrogen-bond acceptors (Lipinski definition) is 3. The molecule has 2 heterocycles. The number of halogens is 2. The Morgan fingerprint density at radius 2 is 1.91 bits per heavy atom. The van der Waals surface area contributed by atoms with Crippen LogP contribution < -0.4 is 0 Å². The molecule has 22 heavy (non-hydrogen) atoms. The van der Waals surface area contributed by atoms with E-state index in [-0.39, 0.29) is 5.82 Å². The molecule has 0 bridgehead atoms. The summed E-state index contributed by atoms with van der Waals surface area (Å²) in [5.41, 5.74) is 3.27. The standard InChI is InChI=1S/C15H13BrFN5/c1-10-5-12(7-20-21-8-18-19-9-21)11(2)22(10)15-4-3-13(16)6-14(15)17/h3-9H,1-2H3/b20-7+. The lowest BCUT2D eigenvalue weighted by Gasteiger charge is -2.11. The molecule has 0 aliphatic heterocycles. The maximum absolute atomic E-state index is 14.2. The number of aromatic nitrogens is 4.